The maximum Gasteiger partial charge on any atom is 0.179 e. The van der Waals surface area contributed by atoms with Crippen LogP contribution in [0.25, 0.3) is 0 Å². The highest BCUT2D eigenvalue weighted by atomic mass is 16.5. The summed E-state index contributed by atoms with van der Waals surface area (Å²) in [4.78, 5) is 11.7. The van der Waals surface area contributed by atoms with E-state index in [0.717, 1.165) is 11.3 Å². The number of benzene rings is 1. The van der Waals surface area contributed by atoms with Crippen LogP contribution in [0.1, 0.15) is 22.8 Å². The van der Waals surface area contributed by atoms with Gasteiger partial charge in [0.05, 0.1) is 13.2 Å². The quantitative estimate of drug-likeness (QED) is 0.741. The first-order chi connectivity index (χ1) is 6.57. The Morgan fingerprint density at radius 2 is 2.14 bits per heavy atom. The third kappa shape index (κ3) is 1.93. The van der Waals surface area contributed by atoms with Crippen LogP contribution in [-0.4, -0.2) is 18.9 Å². The first kappa shape index (κ1) is 10.7. The fraction of sp³-hybridized carbons (Fsp3) is 0.364. The molecule has 0 aromatic heterocycles. The summed E-state index contributed by atoms with van der Waals surface area (Å²) in [5.74, 6) is 0.665. The molecule has 0 saturated carbocycles. The molecule has 1 aromatic rings. The van der Waals surface area contributed by atoms with Gasteiger partial charge < -0.3 is 10.5 Å². The predicted octanol–water partition coefficient (Wildman–Crippen LogP) is 1.53. The SMILES string of the molecule is COc1cccc(C(=O)C(C)N)c1C. The van der Waals surface area contributed by atoms with Gasteiger partial charge in [-0.3, -0.25) is 4.79 Å². The number of ketones is 1. The fourth-order valence-electron chi connectivity index (χ4n) is 1.35. The second-order valence-corrected chi connectivity index (χ2v) is 3.29. The molecule has 0 heterocycles. The van der Waals surface area contributed by atoms with Crippen LogP contribution in [-0.2, 0) is 0 Å². The lowest BCUT2D eigenvalue weighted by atomic mass is 10.0. The molecular formula is C11H15NO2. The van der Waals surface area contributed by atoms with Crippen LogP contribution in [0.3, 0.4) is 0 Å². The van der Waals surface area contributed by atoms with Crippen molar-refractivity contribution < 1.29 is 9.53 Å². The molecular weight excluding hydrogens is 178 g/mol. The third-order valence-electron chi connectivity index (χ3n) is 2.18. The number of carbonyl (C=O) groups is 1. The Morgan fingerprint density at radius 3 is 2.64 bits per heavy atom. The van der Waals surface area contributed by atoms with Crippen LogP contribution in [0.4, 0.5) is 0 Å². The van der Waals surface area contributed by atoms with Crippen molar-refractivity contribution >= 4 is 5.78 Å². The van der Waals surface area contributed by atoms with Crippen LogP contribution in [0.15, 0.2) is 18.2 Å². The van der Waals surface area contributed by atoms with Crippen molar-refractivity contribution in [2.45, 2.75) is 19.9 Å². The highest BCUT2D eigenvalue weighted by Gasteiger charge is 2.14. The zero-order valence-electron chi connectivity index (χ0n) is 8.70. The number of Topliss-reactive ketones (excluding diaryl/α,β-unsaturated/α-hetero) is 1. The molecule has 3 heteroatoms. The molecule has 2 N–H and O–H groups in total. The number of rotatable bonds is 3. The number of hydrogen-bond donors (Lipinski definition) is 1. The van der Waals surface area contributed by atoms with E-state index in [1.54, 1.807) is 26.2 Å². The van der Waals surface area contributed by atoms with E-state index in [9.17, 15) is 4.79 Å². The topological polar surface area (TPSA) is 52.3 Å². The molecule has 1 aromatic carbocycles. The molecule has 3 nitrogen and oxygen atoms in total. The smallest absolute Gasteiger partial charge is 0.179 e. The lowest BCUT2D eigenvalue weighted by molar-refractivity contribution is 0.0967. The molecule has 0 aliphatic heterocycles. The molecule has 0 spiro atoms. The minimum atomic E-state index is -0.471. The van der Waals surface area contributed by atoms with Crippen LogP contribution in [0, 0.1) is 6.92 Å². The van der Waals surface area contributed by atoms with E-state index in [0.29, 0.717) is 5.56 Å². The molecule has 1 rings (SSSR count). The average molecular weight is 193 g/mol. The van der Waals surface area contributed by atoms with Crippen LogP contribution < -0.4 is 10.5 Å². The summed E-state index contributed by atoms with van der Waals surface area (Å²) in [7, 11) is 1.59. The molecule has 0 saturated heterocycles. The van der Waals surface area contributed by atoms with E-state index in [1.807, 2.05) is 13.0 Å². The molecule has 0 fully saturated rings. The zero-order valence-corrected chi connectivity index (χ0v) is 8.70. The molecule has 76 valence electrons. The first-order valence-electron chi connectivity index (χ1n) is 4.51. The lowest BCUT2D eigenvalue weighted by Gasteiger charge is -2.10. The predicted molar refractivity (Wildman–Crippen MR) is 55.7 cm³/mol. The van der Waals surface area contributed by atoms with E-state index < -0.39 is 6.04 Å². The second kappa shape index (κ2) is 4.24. The zero-order chi connectivity index (χ0) is 10.7. The van der Waals surface area contributed by atoms with Crippen LogP contribution in [0.5, 0.6) is 5.75 Å². The Hall–Kier alpha value is -1.35. The molecule has 0 bridgehead atoms. The van der Waals surface area contributed by atoms with Crippen molar-refractivity contribution in [2.75, 3.05) is 7.11 Å². The number of nitrogens with two attached hydrogens (primary N) is 1. The van der Waals surface area contributed by atoms with Gasteiger partial charge in [-0.25, -0.2) is 0 Å². The Bertz CT molecular complexity index is 345. The number of methoxy groups -OCH3 is 1. The van der Waals surface area contributed by atoms with Gasteiger partial charge in [-0.15, -0.1) is 0 Å². The molecule has 0 amide bonds. The van der Waals surface area contributed by atoms with Gasteiger partial charge in [-0.1, -0.05) is 12.1 Å². The van der Waals surface area contributed by atoms with E-state index in [2.05, 4.69) is 0 Å². The highest BCUT2D eigenvalue weighted by molar-refractivity contribution is 6.01. The maximum atomic E-state index is 11.7. The van der Waals surface area contributed by atoms with Crippen molar-refractivity contribution in [1.29, 1.82) is 0 Å². The van der Waals surface area contributed by atoms with Gasteiger partial charge in [0.15, 0.2) is 5.78 Å². The maximum absolute atomic E-state index is 11.7. The van der Waals surface area contributed by atoms with Crippen molar-refractivity contribution in [3.05, 3.63) is 29.3 Å². The van der Waals surface area contributed by atoms with Crippen molar-refractivity contribution in [2.24, 2.45) is 5.73 Å². The normalized spacial score (nSPS) is 12.3. The minimum absolute atomic E-state index is 0.0543. The van der Waals surface area contributed by atoms with E-state index in [-0.39, 0.29) is 5.78 Å². The summed E-state index contributed by atoms with van der Waals surface area (Å²) in [5, 5.41) is 0. The van der Waals surface area contributed by atoms with Crippen molar-refractivity contribution in [1.82, 2.24) is 0 Å². The van der Waals surface area contributed by atoms with Gasteiger partial charge >= 0.3 is 0 Å². The standard InChI is InChI=1S/C11H15NO2/c1-7-9(11(13)8(2)12)5-4-6-10(7)14-3/h4-6,8H,12H2,1-3H3. The highest BCUT2D eigenvalue weighted by Crippen LogP contribution is 2.21. The molecule has 0 aliphatic carbocycles. The number of ether oxygens (including phenoxy) is 1. The molecule has 1 atom stereocenters. The molecule has 0 aliphatic rings. The largest absolute Gasteiger partial charge is 0.496 e. The Morgan fingerprint density at radius 1 is 1.50 bits per heavy atom. The second-order valence-electron chi connectivity index (χ2n) is 3.29. The van der Waals surface area contributed by atoms with Crippen LogP contribution in [0.2, 0.25) is 0 Å². The summed E-state index contributed by atoms with van der Waals surface area (Å²) < 4.78 is 5.12. The van der Waals surface area contributed by atoms with Crippen LogP contribution >= 0.6 is 0 Å². The van der Waals surface area contributed by atoms with Crippen molar-refractivity contribution in [3.8, 4) is 5.75 Å². The Balaban J connectivity index is 3.16. The number of carbonyl (C=O) groups excluding carboxylic acids is 1. The summed E-state index contributed by atoms with van der Waals surface area (Å²) >= 11 is 0. The van der Waals surface area contributed by atoms with Gasteiger partial charge in [0.25, 0.3) is 0 Å². The van der Waals surface area contributed by atoms with Gasteiger partial charge in [0.2, 0.25) is 0 Å². The van der Waals surface area contributed by atoms with E-state index in [4.69, 9.17) is 10.5 Å². The monoisotopic (exact) mass is 193 g/mol. The summed E-state index contributed by atoms with van der Waals surface area (Å²) in [5.41, 5.74) is 7.02. The molecule has 0 radical (unpaired) electrons. The molecule has 14 heavy (non-hydrogen) atoms. The van der Waals surface area contributed by atoms with E-state index >= 15 is 0 Å². The Kier molecular flexibility index (Phi) is 3.25. The van der Waals surface area contributed by atoms with Crippen molar-refractivity contribution in [3.63, 3.8) is 0 Å². The van der Waals surface area contributed by atoms with Gasteiger partial charge in [0, 0.05) is 11.1 Å². The first-order valence-corrected chi connectivity index (χ1v) is 4.51. The molecule has 1 unspecified atom stereocenters. The Labute approximate surface area is 83.9 Å². The fourth-order valence-corrected chi connectivity index (χ4v) is 1.35. The van der Waals surface area contributed by atoms with Gasteiger partial charge in [-0.05, 0) is 19.9 Å². The van der Waals surface area contributed by atoms with Gasteiger partial charge in [-0.2, -0.15) is 0 Å². The van der Waals surface area contributed by atoms with E-state index in [1.165, 1.54) is 0 Å². The summed E-state index contributed by atoms with van der Waals surface area (Å²) in [6.45, 7) is 3.54. The lowest BCUT2D eigenvalue weighted by Crippen LogP contribution is -2.27. The number of hydrogen-bond acceptors (Lipinski definition) is 3. The van der Waals surface area contributed by atoms with Gasteiger partial charge in [0.1, 0.15) is 5.75 Å². The summed E-state index contributed by atoms with van der Waals surface area (Å²) in [6, 6.07) is 4.92. The summed E-state index contributed by atoms with van der Waals surface area (Å²) in [6.07, 6.45) is 0. The third-order valence-corrected chi connectivity index (χ3v) is 2.18. The minimum Gasteiger partial charge on any atom is -0.496 e. The average Bonchev–Trinajstić information content (AvgIpc) is 2.17.